The van der Waals surface area contributed by atoms with Gasteiger partial charge in [0.1, 0.15) is 5.75 Å². The molecule has 0 heterocycles. The molecular weight excluding hydrogens is 298 g/mol. The molecule has 0 spiro atoms. The van der Waals surface area contributed by atoms with Gasteiger partial charge in [0.15, 0.2) is 6.10 Å². The van der Waals surface area contributed by atoms with Gasteiger partial charge in [-0.25, -0.2) is 4.79 Å². The number of halogens is 3. The summed E-state index contributed by atoms with van der Waals surface area (Å²) in [6.45, 7) is 5.09. The van der Waals surface area contributed by atoms with Gasteiger partial charge in [-0.05, 0) is 26.8 Å². The van der Waals surface area contributed by atoms with Gasteiger partial charge in [0.2, 0.25) is 0 Å². The zero-order valence-corrected chi connectivity index (χ0v) is 12.4. The van der Waals surface area contributed by atoms with Crippen molar-refractivity contribution < 1.29 is 14.3 Å². The van der Waals surface area contributed by atoms with E-state index in [9.17, 15) is 4.79 Å². The van der Waals surface area contributed by atoms with Crippen LogP contribution in [0.25, 0.3) is 0 Å². The molecule has 6 heteroatoms. The SMILES string of the molecule is CC(C)OC(=O)C(C)Oc1cc(Cl)c(Cl)cc1Cl. The Balaban J connectivity index is 2.79. The van der Waals surface area contributed by atoms with E-state index in [4.69, 9.17) is 44.3 Å². The van der Waals surface area contributed by atoms with Crippen molar-refractivity contribution in [3.63, 3.8) is 0 Å². The second-order valence-corrected chi connectivity index (χ2v) is 5.16. The third-order valence-corrected chi connectivity index (χ3v) is 2.98. The molecule has 3 nitrogen and oxygen atoms in total. The Labute approximate surface area is 121 Å². The molecule has 0 aliphatic carbocycles. The van der Waals surface area contributed by atoms with Crippen molar-refractivity contribution in [1.29, 1.82) is 0 Å². The topological polar surface area (TPSA) is 35.5 Å². The fourth-order valence-electron chi connectivity index (χ4n) is 1.16. The molecule has 1 rings (SSSR count). The molecule has 0 saturated heterocycles. The molecule has 0 aliphatic heterocycles. The van der Waals surface area contributed by atoms with Gasteiger partial charge in [0, 0.05) is 6.07 Å². The van der Waals surface area contributed by atoms with Crippen molar-refractivity contribution in [2.45, 2.75) is 33.0 Å². The molecule has 100 valence electrons. The van der Waals surface area contributed by atoms with E-state index in [1.807, 2.05) is 0 Å². The van der Waals surface area contributed by atoms with Crippen LogP contribution in [0.4, 0.5) is 0 Å². The summed E-state index contributed by atoms with van der Waals surface area (Å²) in [6, 6.07) is 2.92. The first kappa shape index (κ1) is 15.4. The van der Waals surface area contributed by atoms with Crippen LogP contribution in [0.5, 0.6) is 5.75 Å². The summed E-state index contributed by atoms with van der Waals surface area (Å²) in [4.78, 5) is 11.6. The van der Waals surface area contributed by atoms with E-state index in [0.717, 1.165) is 0 Å². The van der Waals surface area contributed by atoms with Crippen molar-refractivity contribution in [2.24, 2.45) is 0 Å². The Hall–Kier alpha value is -0.640. The largest absolute Gasteiger partial charge is 0.477 e. The summed E-state index contributed by atoms with van der Waals surface area (Å²) in [5.41, 5.74) is 0. The molecule has 0 N–H and O–H groups in total. The summed E-state index contributed by atoms with van der Waals surface area (Å²) in [7, 11) is 0. The summed E-state index contributed by atoms with van der Waals surface area (Å²) < 4.78 is 10.4. The molecule has 0 amide bonds. The predicted octanol–water partition coefficient (Wildman–Crippen LogP) is 4.37. The number of carbonyl (C=O) groups is 1. The maximum absolute atomic E-state index is 11.6. The average molecular weight is 312 g/mol. The molecule has 0 aromatic heterocycles. The molecule has 1 atom stereocenters. The van der Waals surface area contributed by atoms with Crippen molar-refractivity contribution in [3.8, 4) is 5.75 Å². The van der Waals surface area contributed by atoms with E-state index in [2.05, 4.69) is 0 Å². The average Bonchev–Trinajstić information content (AvgIpc) is 2.24. The highest BCUT2D eigenvalue weighted by Crippen LogP contribution is 2.34. The molecule has 0 bridgehead atoms. The van der Waals surface area contributed by atoms with Crippen LogP contribution in [-0.2, 0) is 9.53 Å². The zero-order chi connectivity index (χ0) is 13.9. The van der Waals surface area contributed by atoms with Gasteiger partial charge in [0.05, 0.1) is 21.2 Å². The Morgan fingerprint density at radius 2 is 1.61 bits per heavy atom. The van der Waals surface area contributed by atoms with Crippen LogP contribution in [0.1, 0.15) is 20.8 Å². The van der Waals surface area contributed by atoms with Gasteiger partial charge in [-0.15, -0.1) is 0 Å². The highest BCUT2D eigenvalue weighted by atomic mass is 35.5. The van der Waals surface area contributed by atoms with Crippen molar-refractivity contribution in [2.75, 3.05) is 0 Å². The summed E-state index contributed by atoms with van der Waals surface area (Å²) in [6.07, 6.45) is -0.977. The lowest BCUT2D eigenvalue weighted by atomic mass is 10.3. The molecule has 1 unspecified atom stereocenters. The molecule has 1 aromatic rings. The van der Waals surface area contributed by atoms with E-state index in [1.165, 1.54) is 12.1 Å². The maximum Gasteiger partial charge on any atom is 0.347 e. The van der Waals surface area contributed by atoms with E-state index in [1.54, 1.807) is 20.8 Å². The molecule has 0 saturated carbocycles. The van der Waals surface area contributed by atoms with Crippen LogP contribution in [0.2, 0.25) is 15.1 Å². The van der Waals surface area contributed by atoms with Crippen LogP contribution in [-0.4, -0.2) is 18.2 Å². The first-order valence-corrected chi connectivity index (χ1v) is 6.46. The number of ether oxygens (including phenoxy) is 2. The first-order chi connectivity index (χ1) is 8.31. The molecule has 0 fully saturated rings. The zero-order valence-electron chi connectivity index (χ0n) is 10.2. The number of carbonyl (C=O) groups excluding carboxylic acids is 1. The fourth-order valence-corrected chi connectivity index (χ4v) is 1.74. The molecule has 18 heavy (non-hydrogen) atoms. The number of hydrogen-bond acceptors (Lipinski definition) is 3. The van der Waals surface area contributed by atoms with Crippen molar-refractivity contribution >= 4 is 40.8 Å². The maximum atomic E-state index is 11.6. The van der Waals surface area contributed by atoms with Crippen LogP contribution in [0.3, 0.4) is 0 Å². The van der Waals surface area contributed by atoms with Gasteiger partial charge in [-0.2, -0.15) is 0 Å². The van der Waals surface area contributed by atoms with Crippen LogP contribution >= 0.6 is 34.8 Å². The van der Waals surface area contributed by atoms with Gasteiger partial charge in [-0.1, -0.05) is 34.8 Å². The molecule has 0 aliphatic rings. The van der Waals surface area contributed by atoms with E-state index >= 15 is 0 Å². The van der Waals surface area contributed by atoms with E-state index in [0.29, 0.717) is 15.8 Å². The number of benzene rings is 1. The molecular formula is C12H13Cl3O3. The quantitative estimate of drug-likeness (QED) is 0.612. The Morgan fingerprint density at radius 3 is 2.17 bits per heavy atom. The lowest BCUT2D eigenvalue weighted by Gasteiger charge is -2.16. The Kier molecular flexibility index (Phi) is 5.57. The molecule has 0 radical (unpaired) electrons. The summed E-state index contributed by atoms with van der Waals surface area (Å²) >= 11 is 17.6. The summed E-state index contributed by atoms with van der Waals surface area (Å²) in [5.74, 6) is -0.175. The van der Waals surface area contributed by atoms with Gasteiger partial charge >= 0.3 is 5.97 Å². The standard InChI is InChI=1S/C12H13Cl3O3/c1-6(2)17-12(16)7(3)18-11-5-9(14)8(13)4-10(11)15/h4-7H,1-3H3. The number of rotatable bonds is 4. The predicted molar refractivity (Wildman–Crippen MR) is 72.8 cm³/mol. The van der Waals surface area contributed by atoms with Crippen LogP contribution in [0.15, 0.2) is 12.1 Å². The van der Waals surface area contributed by atoms with E-state index in [-0.39, 0.29) is 11.1 Å². The number of esters is 1. The minimum atomic E-state index is -0.776. The smallest absolute Gasteiger partial charge is 0.347 e. The lowest BCUT2D eigenvalue weighted by Crippen LogP contribution is -2.28. The fraction of sp³-hybridized carbons (Fsp3) is 0.417. The van der Waals surface area contributed by atoms with Crippen LogP contribution < -0.4 is 4.74 Å². The van der Waals surface area contributed by atoms with Crippen LogP contribution in [0, 0.1) is 0 Å². The van der Waals surface area contributed by atoms with Crippen molar-refractivity contribution in [3.05, 3.63) is 27.2 Å². The minimum Gasteiger partial charge on any atom is -0.477 e. The third kappa shape index (κ3) is 4.23. The normalized spacial score (nSPS) is 12.4. The second-order valence-electron chi connectivity index (χ2n) is 3.94. The monoisotopic (exact) mass is 310 g/mol. The third-order valence-electron chi connectivity index (χ3n) is 1.96. The van der Waals surface area contributed by atoms with Gasteiger partial charge < -0.3 is 9.47 Å². The van der Waals surface area contributed by atoms with Crippen molar-refractivity contribution in [1.82, 2.24) is 0 Å². The molecule has 1 aromatic carbocycles. The lowest BCUT2D eigenvalue weighted by molar-refractivity contribution is -0.154. The Bertz CT molecular complexity index is 446. The van der Waals surface area contributed by atoms with E-state index < -0.39 is 12.1 Å². The highest BCUT2D eigenvalue weighted by Gasteiger charge is 2.19. The highest BCUT2D eigenvalue weighted by molar-refractivity contribution is 6.43. The van der Waals surface area contributed by atoms with Gasteiger partial charge in [-0.3, -0.25) is 0 Å². The Morgan fingerprint density at radius 1 is 1.06 bits per heavy atom. The second kappa shape index (κ2) is 6.50. The summed E-state index contributed by atoms with van der Waals surface area (Å²) in [5, 5.41) is 0.917. The number of hydrogen-bond donors (Lipinski definition) is 0. The first-order valence-electron chi connectivity index (χ1n) is 5.33. The minimum absolute atomic E-state index is 0.201. The van der Waals surface area contributed by atoms with Gasteiger partial charge in [0.25, 0.3) is 0 Å².